The molecule has 0 aliphatic heterocycles. The van der Waals surface area contributed by atoms with E-state index in [0.717, 1.165) is 10.6 Å². The maximum absolute atomic E-state index is 12.7. The number of aryl methyl sites for hydroxylation is 1. The molecule has 0 fully saturated rings. The van der Waals surface area contributed by atoms with Gasteiger partial charge in [0.1, 0.15) is 5.75 Å². The first kappa shape index (κ1) is 17.1. The quantitative estimate of drug-likeness (QED) is 0.595. The fraction of sp³-hybridized carbons (Fsp3) is 0.0952. The molecular formula is C21H19NO2S. The van der Waals surface area contributed by atoms with Gasteiger partial charge in [-0.15, -0.1) is 11.8 Å². The number of hydrogen-bond acceptors (Lipinski definition) is 3. The summed E-state index contributed by atoms with van der Waals surface area (Å²) in [7, 11) is 0. The first-order valence-electron chi connectivity index (χ1n) is 7.95. The number of benzene rings is 3. The van der Waals surface area contributed by atoms with Gasteiger partial charge in [0.25, 0.3) is 5.91 Å². The van der Waals surface area contributed by atoms with Gasteiger partial charge in [-0.1, -0.05) is 42.0 Å². The molecule has 1 N–H and O–H groups in total. The summed E-state index contributed by atoms with van der Waals surface area (Å²) >= 11 is 1.55. The van der Waals surface area contributed by atoms with E-state index in [1.807, 2.05) is 86.0 Å². The van der Waals surface area contributed by atoms with Crippen LogP contribution in [0.3, 0.4) is 0 Å². The van der Waals surface area contributed by atoms with Crippen molar-refractivity contribution in [1.29, 1.82) is 0 Å². The summed E-state index contributed by atoms with van der Waals surface area (Å²) in [5, 5.41) is 2.96. The molecule has 3 aromatic carbocycles. The van der Waals surface area contributed by atoms with Crippen molar-refractivity contribution in [2.24, 2.45) is 0 Å². The number of amides is 1. The minimum Gasteiger partial charge on any atom is -0.455 e. The molecule has 0 aliphatic carbocycles. The van der Waals surface area contributed by atoms with E-state index in [9.17, 15) is 4.79 Å². The molecule has 126 valence electrons. The second-order valence-electron chi connectivity index (χ2n) is 5.57. The van der Waals surface area contributed by atoms with Gasteiger partial charge in [0.05, 0.1) is 11.3 Å². The van der Waals surface area contributed by atoms with Crippen LogP contribution >= 0.6 is 11.8 Å². The Kier molecular flexibility index (Phi) is 5.41. The van der Waals surface area contributed by atoms with Crippen LogP contribution in [0.15, 0.2) is 77.7 Å². The highest BCUT2D eigenvalue weighted by Crippen LogP contribution is 2.30. The number of rotatable bonds is 5. The van der Waals surface area contributed by atoms with Gasteiger partial charge in [0, 0.05) is 4.90 Å². The summed E-state index contributed by atoms with van der Waals surface area (Å²) in [5.41, 5.74) is 2.46. The van der Waals surface area contributed by atoms with Gasteiger partial charge in [0.15, 0.2) is 5.75 Å². The molecular weight excluding hydrogens is 330 g/mol. The smallest absolute Gasteiger partial charge is 0.256 e. The van der Waals surface area contributed by atoms with Crippen molar-refractivity contribution in [3.63, 3.8) is 0 Å². The van der Waals surface area contributed by atoms with Crippen molar-refractivity contribution in [1.82, 2.24) is 0 Å². The molecule has 3 nitrogen and oxygen atoms in total. The van der Waals surface area contributed by atoms with E-state index >= 15 is 0 Å². The highest BCUT2D eigenvalue weighted by atomic mass is 32.2. The van der Waals surface area contributed by atoms with E-state index in [-0.39, 0.29) is 5.91 Å². The van der Waals surface area contributed by atoms with Crippen LogP contribution in [0.2, 0.25) is 0 Å². The van der Waals surface area contributed by atoms with Gasteiger partial charge < -0.3 is 10.1 Å². The van der Waals surface area contributed by atoms with E-state index < -0.39 is 0 Å². The highest BCUT2D eigenvalue weighted by Gasteiger charge is 2.13. The number of carbonyl (C=O) groups is 1. The average molecular weight is 349 g/mol. The number of nitrogens with one attached hydrogen (secondary N) is 1. The third kappa shape index (κ3) is 4.22. The lowest BCUT2D eigenvalue weighted by Gasteiger charge is -2.13. The number of hydrogen-bond donors (Lipinski definition) is 1. The minimum absolute atomic E-state index is 0.148. The van der Waals surface area contributed by atoms with Crippen LogP contribution in [0.4, 0.5) is 5.69 Å². The second kappa shape index (κ2) is 7.90. The summed E-state index contributed by atoms with van der Waals surface area (Å²) < 4.78 is 5.94. The summed E-state index contributed by atoms with van der Waals surface area (Å²) in [4.78, 5) is 13.6. The molecule has 0 saturated heterocycles. The van der Waals surface area contributed by atoms with Gasteiger partial charge in [-0.25, -0.2) is 0 Å². The zero-order valence-electron chi connectivity index (χ0n) is 14.2. The van der Waals surface area contributed by atoms with Gasteiger partial charge in [0.2, 0.25) is 0 Å². The van der Waals surface area contributed by atoms with Crippen LogP contribution in [0.5, 0.6) is 11.5 Å². The molecule has 0 heterocycles. The Hall–Kier alpha value is -2.72. The van der Waals surface area contributed by atoms with Gasteiger partial charge in [-0.2, -0.15) is 0 Å². The zero-order chi connectivity index (χ0) is 17.6. The molecule has 0 unspecified atom stereocenters. The Bertz CT molecular complexity index is 875. The largest absolute Gasteiger partial charge is 0.455 e. The van der Waals surface area contributed by atoms with Crippen LogP contribution in [0, 0.1) is 6.92 Å². The number of thioether (sulfide) groups is 1. The zero-order valence-corrected chi connectivity index (χ0v) is 15.0. The first-order chi connectivity index (χ1) is 12.2. The van der Waals surface area contributed by atoms with E-state index in [0.29, 0.717) is 17.0 Å². The third-order valence-corrected chi connectivity index (χ3v) is 4.53. The molecule has 0 atom stereocenters. The lowest BCUT2D eigenvalue weighted by Crippen LogP contribution is -2.13. The lowest BCUT2D eigenvalue weighted by molar-refractivity contribution is 0.102. The Morgan fingerprint density at radius 1 is 0.920 bits per heavy atom. The van der Waals surface area contributed by atoms with Gasteiger partial charge in [-0.3, -0.25) is 4.79 Å². The van der Waals surface area contributed by atoms with E-state index in [4.69, 9.17) is 4.74 Å². The van der Waals surface area contributed by atoms with E-state index in [1.165, 1.54) is 5.56 Å². The SMILES string of the molecule is CSc1ccccc1C(=O)Nc1ccccc1Oc1ccc(C)cc1. The number of carbonyl (C=O) groups excluding carboxylic acids is 1. The van der Waals surface area contributed by atoms with Crippen molar-refractivity contribution < 1.29 is 9.53 Å². The Morgan fingerprint density at radius 2 is 1.60 bits per heavy atom. The van der Waals surface area contributed by atoms with Gasteiger partial charge in [-0.05, 0) is 49.6 Å². The fourth-order valence-electron chi connectivity index (χ4n) is 2.41. The normalized spacial score (nSPS) is 10.3. The van der Waals surface area contributed by atoms with E-state index in [2.05, 4.69) is 5.32 Å². The number of anilines is 1. The van der Waals surface area contributed by atoms with Crippen LogP contribution in [0.1, 0.15) is 15.9 Å². The van der Waals surface area contributed by atoms with Crippen LogP contribution in [-0.4, -0.2) is 12.2 Å². The Labute approximate surface area is 152 Å². The summed E-state index contributed by atoms with van der Waals surface area (Å²) in [6.07, 6.45) is 1.96. The molecule has 0 aliphatic rings. The van der Waals surface area contributed by atoms with Crippen LogP contribution in [0.25, 0.3) is 0 Å². The summed E-state index contributed by atoms with van der Waals surface area (Å²) in [6, 6.07) is 22.8. The van der Waals surface area contributed by atoms with Crippen LogP contribution in [-0.2, 0) is 0 Å². The monoisotopic (exact) mass is 349 g/mol. The molecule has 3 aromatic rings. The maximum atomic E-state index is 12.7. The van der Waals surface area contributed by atoms with Crippen molar-refractivity contribution in [2.45, 2.75) is 11.8 Å². The summed E-state index contributed by atoms with van der Waals surface area (Å²) in [5.74, 6) is 1.20. The third-order valence-electron chi connectivity index (χ3n) is 3.74. The highest BCUT2D eigenvalue weighted by molar-refractivity contribution is 7.98. The average Bonchev–Trinajstić information content (AvgIpc) is 2.65. The minimum atomic E-state index is -0.148. The molecule has 4 heteroatoms. The fourth-order valence-corrected chi connectivity index (χ4v) is 3.01. The van der Waals surface area contributed by atoms with Crippen molar-refractivity contribution in [2.75, 3.05) is 11.6 Å². The second-order valence-corrected chi connectivity index (χ2v) is 6.41. The predicted octanol–water partition coefficient (Wildman–Crippen LogP) is 5.76. The molecule has 0 radical (unpaired) electrons. The van der Waals surface area contributed by atoms with E-state index in [1.54, 1.807) is 11.8 Å². The molecule has 3 rings (SSSR count). The van der Waals surface area contributed by atoms with Crippen molar-refractivity contribution in [3.05, 3.63) is 83.9 Å². The molecule has 0 aromatic heterocycles. The lowest BCUT2D eigenvalue weighted by atomic mass is 10.2. The molecule has 0 saturated carbocycles. The molecule has 0 spiro atoms. The van der Waals surface area contributed by atoms with Crippen molar-refractivity contribution in [3.8, 4) is 11.5 Å². The topological polar surface area (TPSA) is 38.3 Å². The predicted molar refractivity (Wildman–Crippen MR) is 104 cm³/mol. The van der Waals surface area contributed by atoms with Crippen LogP contribution < -0.4 is 10.1 Å². The first-order valence-corrected chi connectivity index (χ1v) is 9.18. The number of para-hydroxylation sites is 2. The molecule has 0 bridgehead atoms. The number of ether oxygens (including phenoxy) is 1. The van der Waals surface area contributed by atoms with Crippen molar-refractivity contribution >= 4 is 23.4 Å². The molecule has 25 heavy (non-hydrogen) atoms. The molecule has 1 amide bonds. The standard InChI is InChI=1S/C21H19NO2S/c1-15-11-13-16(14-12-15)24-19-9-5-4-8-18(19)22-21(23)17-7-3-6-10-20(17)25-2/h3-14H,1-2H3,(H,22,23). The Morgan fingerprint density at radius 3 is 2.36 bits per heavy atom. The van der Waals surface area contributed by atoms with Gasteiger partial charge >= 0.3 is 0 Å². The summed E-state index contributed by atoms with van der Waals surface area (Å²) in [6.45, 7) is 2.03. The maximum Gasteiger partial charge on any atom is 0.256 e. The Balaban J connectivity index is 1.83.